The van der Waals surface area contributed by atoms with Crippen molar-refractivity contribution in [3.05, 3.63) is 109 Å². The van der Waals surface area contributed by atoms with Crippen molar-refractivity contribution in [1.29, 1.82) is 0 Å². The van der Waals surface area contributed by atoms with E-state index >= 15 is 0 Å². The van der Waals surface area contributed by atoms with Crippen molar-refractivity contribution in [2.45, 2.75) is 65.9 Å². The highest BCUT2D eigenvalue weighted by Gasteiger charge is 2.44. The van der Waals surface area contributed by atoms with Gasteiger partial charge in [0.2, 0.25) is 0 Å². The molecule has 0 aliphatic rings. The van der Waals surface area contributed by atoms with Crippen LogP contribution >= 0.6 is 7.26 Å². The second-order valence-corrected chi connectivity index (χ2v) is 17.6. The third-order valence-corrected chi connectivity index (χ3v) is 13.1. The largest absolute Gasteiger partial charge is 0.444 e. The molecule has 0 fully saturated rings. The van der Waals surface area contributed by atoms with Gasteiger partial charge in [-0.25, -0.2) is 9.59 Å². The molecule has 0 radical (unpaired) electrons. The van der Waals surface area contributed by atoms with Gasteiger partial charge in [-0.1, -0.05) is 61.0 Å². The van der Waals surface area contributed by atoms with Gasteiger partial charge in [0.15, 0.2) is 11.5 Å². The first-order valence-electron chi connectivity index (χ1n) is 18.2. The second kappa shape index (κ2) is 19.7. The zero-order chi connectivity index (χ0) is 39.1. The Balaban J connectivity index is 1.47. The Labute approximate surface area is 319 Å². The predicted molar refractivity (Wildman–Crippen MR) is 214 cm³/mol. The molecule has 0 heterocycles. The minimum Gasteiger partial charge on any atom is -0.444 e. The van der Waals surface area contributed by atoms with Crippen molar-refractivity contribution in [1.82, 2.24) is 9.80 Å². The summed E-state index contributed by atoms with van der Waals surface area (Å²) in [5.74, 6) is -1.16. The third kappa shape index (κ3) is 12.2. The molecule has 0 spiro atoms. The molecule has 0 saturated carbocycles. The molecule has 0 aliphatic heterocycles. The summed E-state index contributed by atoms with van der Waals surface area (Å²) in [5.41, 5.74) is -0.663. The summed E-state index contributed by atoms with van der Waals surface area (Å²) in [7, 11) is -0.316. The van der Waals surface area contributed by atoms with Crippen molar-refractivity contribution in [2.24, 2.45) is 0 Å². The number of rotatable bonds is 16. The van der Waals surface area contributed by atoms with Gasteiger partial charge >= 0.3 is 24.1 Å². The van der Waals surface area contributed by atoms with Crippen LogP contribution in [0.3, 0.4) is 0 Å². The number of nitrogens with zero attached hydrogens (tertiary/aromatic N) is 2. The van der Waals surface area contributed by atoms with Crippen LogP contribution in [0.15, 0.2) is 109 Å². The van der Waals surface area contributed by atoms with E-state index in [9.17, 15) is 19.2 Å². The van der Waals surface area contributed by atoms with Gasteiger partial charge in [-0.3, -0.25) is 9.59 Å². The van der Waals surface area contributed by atoms with Crippen LogP contribution in [0.25, 0.3) is 0 Å². The summed E-state index contributed by atoms with van der Waals surface area (Å²) in [4.78, 5) is 52.6. The molecule has 4 aromatic carbocycles. The molecular weight excluding hydrogens is 703 g/mol. The summed E-state index contributed by atoms with van der Waals surface area (Å²) in [6, 6.07) is 36.6. The van der Waals surface area contributed by atoms with E-state index in [0.29, 0.717) is 13.0 Å². The first-order chi connectivity index (χ1) is 25.8. The minimum absolute atomic E-state index is 0.0200. The van der Waals surface area contributed by atoms with E-state index < -0.39 is 37.0 Å². The van der Waals surface area contributed by atoms with Crippen LogP contribution < -0.4 is 30.1 Å². The van der Waals surface area contributed by atoms with Gasteiger partial charge in [-0.05, 0) is 88.6 Å². The highest BCUT2D eigenvalue weighted by Crippen LogP contribution is 2.56. The molecular formula is C43H52N2O8P+. The van der Waals surface area contributed by atoms with Gasteiger partial charge in [0.1, 0.15) is 34.5 Å². The zero-order valence-electron chi connectivity index (χ0n) is 32.2. The lowest BCUT2D eigenvalue weighted by molar-refractivity contribution is -0.134. The fourth-order valence-corrected chi connectivity index (χ4v) is 10.5. The molecule has 4 rings (SSSR count). The normalized spacial score (nSPS) is 11.3. The average Bonchev–Trinajstić information content (AvgIpc) is 3.13. The molecule has 0 N–H and O–H groups in total. The molecule has 0 atom stereocenters. The summed E-state index contributed by atoms with van der Waals surface area (Å²) in [6.07, 6.45) is 3.41. The second-order valence-electron chi connectivity index (χ2n) is 14.0. The lowest BCUT2D eigenvalue weighted by atomic mass is 10.2. The Morgan fingerprint density at radius 1 is 0.574 bits per heavy atom. The number of benzene rings is 4. The van der Waals surface area contributed by atoms with Crippen LogP contribution in [-0.4, -0.2) is 72.4 Å². The monoisotopic (exact) mass is 755 g/mol. The van der Waals surface area contributed by atoms with E-state index in [1.807, 2.05) is 0 Å². The average molecular weight is 756 g/mol. The van der Waals surface area contributed by atoms with E-state index in [0.717, 1.165) is 25.4 Å². The summed E-state index contributed by atoms with van der Waals surface area (Å²) in [6.45, 7) is 8.63. The van der Waals surface area contributed by atoms with Gasteiger partial charge in [0.25, 0.3) is 0 Å². The Morgan fingerprint density at radius 2 is 1.07 bits per heavy atom. The molecule has 0 aliphatic carbocycles. The standard InChI is InChI=1S/C43H52N2O8P/c1-33(46)50-39-27-26-35(32-40(39)51-34(2)47)52-42(49)45(30-29-44(6)41(48)53-43(3,4)5)28-18-7-8-19-31-54(36-20-12-9-13-21-36,37-22-14-10-15-23-37)38-24-16-11-17-25-38/h9-17,20-27,32H,7-8,18-19,28-31H2,1-6H3/q+1. The van der Waals surface area contributed by atoms with E-state index in [-0.39, 0.29) is 30.3 Å². The van der Waals surface area contributed by atoms with Crippen LogP contribution in [0.2, 0.25) is 0 Å². The summed E-state index contributed by atoms with van der Waals surface area (Å²) < 4.78 is 21.6. The summed E-state index contributed by atoms with van der Waals surface area (Å²) >= 11 is 0. The van der Waals surface area contributed by atoms with E-state index in [1.54, 1.807) is 32.7 Å². The maximum absolute atomic E-state index is 13.6. The van der Waals surface area contributed by atoms with Crippen LogP contribution in [0.4, 0.5) is 9.59 Å². The Bertz CT molecular complexity index is 1730. The van der Waals surface area contributed by atoms with Crippen LogP contribution in [0.5, 0.6) is 17.2 Å². The van der Waals surface area contributed by atoms with E-state index in [1.165, 1.54) is 52.9 Å². The fraction of sp³-hybridized carbons (Fsp3) is 0.349. The van der Waals surface area contributed by atoms with E-state index in [2.05, 4.69) is 91.0 Å². The molecule has 286 valence electrons. The maximum Gasteiger partial charge on any atom is 0.415 e. The summed E-state index contributed by atoms with van der Waals surface area (Å²) in [5, 5.41) is 4.05. The molecule has 0 aromatic heterocycles. The van der Waals surface area contributed by atoms with Gasteiger partial charge in [-0.15, -0.1) is 0 Å². The lowest BCUT2D eigenvalue weighted by Crippen LogP contribution is -2.42. The van der Waals surface area contributed by atoms with Crippen LogP contribution in [0.1, 0.15) is 60.3 Å². The number of carbonyl (C=O) groups is 4. The third-order valence-electron chi connectivity index (χ3n) is 8.56. The lowest BCUT2D eigenvalue weighted by Gasteiger charge is -2.28. The molecule has 0 saturated heterocycles. The van der Waals surface area contributed by atoms with Gasteiger partial charge in [0, 0.05) is 46.6 Å². The first-order valence-corrected chi connectivity index (χ1v) is 20.2. The first kappa shape index (κ1) is 41.5. The van der Waals surface area contributed by atoms with Crippen LogP contribution in [-0.2, 0) is 14.3 Å². The molecule has 11 heteroatoms. The topological polar surface area (TPSA) is 112 Å². The van der Waals surface area contributed by atoms with Crippen molar-refractivity contribution < 1.29 is 38.1 Å². The number of unbranched alkanes of at least 4 members (excludes halogenated alkanes) is 3. The van der Waals surface area contributed by atoms with Crippen molar-refractivity contribution >= 4 is 47.3 Å². The number of esters is 2. The maximum atomic E-state index is 13.6. The Morgan fingerprint density at radius 3 is 1.57 bits per heavy atom. The number of amides is 2. The quantitative estimate of drug-likeness (QED) is 0.0494. The molecule has 0 unspecified atom stereocenters. The number of hydrogen-bond acceptors (Lipinski definition) is 8. The van der Waals surface area contributed by atoms with E-state index in [4.69, 9.17) is 18.9 Å². The smallest absolute Gasteiger partial charge is 0.415 e. The number of carbonyl (C=O) groups excluding carboxylic acids is 4. The molecule has 0 bridgehead atoms. The van der Waals surface area contributed by atoms with Gasteiger partial charge in [-0.2, -0.15) is 0 Å². The highest BCUT2D eigenvalue weighted by atomic mass is 31.2. The highest BCUT2D eigenvalue weighted by molar-refractivity contribution is 7.95. The number of likely N-dealkylation sites (N-methyl/N-ethyl adjacent to an activating group) is 1. The molecule has 10 nitrogen and oxygen atoms in total. The molecule has 54 heavy (non-hydrogen) atoms. The fourth-order valence-electron chi connectivity index (χ4n) is 6.07. The number of ether oxygens (including phenoxy) is 4. The van der Waals surface area contributed by atoms with Crippen molar-refractivity contribution in [2.75, 3.05) is 32.8 Å². The van der Waals surface area contributed by atoms with Gasteiger partial charge in [0.05, 0.1) is 6.16 Å². The van der Waals surface area contributed by atoms with Crippen molar-refractivity contribution in [3.63, 3.8) is 0 Å². The van der Waals surface area contributed by atoms with Crippen LogP contribution in [0, 0.1) is 0 Å². The molecule has 4 aromatic rings. The van der Waals surface area contributed by atoms with Gasteiger partial charge < -0.3 is 28.7 Å². The molecule has 2 amide bonds. The zero-order valence-corrected chi connectivity index (χ0v) is 33.1. The Hall–Kier alpha value is -5.21. The minimum atomic E-state index is -1.94. The predicted octanol–water partition coefficient (Wildman–Crippen LogP) is 7.76. The SMILES string of the molecule is CC(=O)Oc1ccc(OC(=O)N(CCCCCC[P+](c2ccccc2)(c2ccccc2)c2ccccc2)CCN(C)C(=O)OC(C)(C)C)cc1OC(C)=O. The Kier molecular flexibility index (Phi) is 15.2. The van der Waals surface area contributed by atoms with Crippen molar-refractivity contribution in [3.8, 4) is 17.2 Å². The number of hydrogen-bond donors (Lipinski definition) is 0.